The standard InChI is InChI=1S/C25H29N7O2/c1-2-17-6-7-27-14-20(17)22-11-18-12-23(28-15-21(18)25(26)31-22)30-19-13-29-32(16-19)8-10-34-24-5-3-4-9-33-24/h6-7,11-16,24H,2-5,8-10H2,1H3,(H2,26,31)(H,28,30). The molecule has 5 rings (SSSR count). The topological polar surface area (TPSA) is 113 Å². The average molecular weight is 460 g/mol. The molecule has 3 N–H and O–H groups in total. The van der Waals surface area contributed by atoms with Gasteiger partial charge in [-0.15, -0.1) is 0 Å². The van der Waals surface area contributed by atoms with Crippen LogP contribution in [0.15, 0.2) is 49.2 Å². The number of nitrogens with two attached hydrogens (primary N) is 1. The second-order valence-electron chi connectivity index (χ2n) is 8.35. The van der Waals surface area contributed by atoms with E-state index in [0.29, 0.717) is 24.8 Å². The van der Waals surface area contributed by atoms with Gasteiger partial charge in [0.25, 0.3) is 0 Å². The van der Waals surface area contributed by atoms with E-state index in [9.17, 15) is 0 Å². The highest BCUT2D eigenvalue weighted by molar-refractivity contribution is 5.94. The van der Waals surface area contributed by atoms with Crippen molar-refractivity contribution in [2.45, 2.75) is 45.4 Å². The number of fused-ring (bicyclic) bond motifs is 1. The van der Waals surface area contributed by atoms with Crippen molar-refractivity contribution in [3.05, 3.63) is 54.7 Å². The largest absolute Gasteiger partial charge is 0.383 e. The number of pyridine rings is 3. The van der Waals surface area contributed by atoms with Crippen LogP contribution < -0.4 is 11.1 Å². The van der Waals surface area contributed by atoms with Gasteiger partial charge in [0.2, 0.25) is 0 Å². The molecule has 4 aromatic heterocycles. The van der Waals surface area contributed by atoms with E-state index in [2.05, 4.69) is 32.3 Å². The number of rotatable bonds is 8. The summed E-state index contributed by atoms with van der Waals surface area (Å²) < 4.78 is 13.3. The molecule has 1 fully saturated rings. The Hall–Kier alpha value is -3.56. The van der Waals surface area contributed by atoms with Crippen LogP contribution in [0.1, 0.15) is 31.7 Å². The van der Waals surface area contributed by atoms with Gasteiger partial charge in [-0.25, -0.2) is 9.97 Å². The molecule has 176 valence electrons. The van der Waals surface area contributed by atoms with Crippen molar-refractivity contribution in [3.63, 3.8) is 0 Å². The maximum Gasteiger partial charge on any atom is 0.157 e. The van der Waals surface area contributed by atoms with Crippen LogP contribution in [0.3, 0.4) is 0 Å². The molecule has 0 aliphatic carbocycles. The van der Waals surface area contributed by atoms with Gasteiger partial charge in [0.05, 0.1) is 30.7 Å². The zero-order valence-electron chi connectivity index (χ0n) is 19.3. The van der Waals surface area contributed by atoms with E-state index in [1.165, 1.54) is 5.56 Å². The molecule has 1 atom stereocenters. The molecule has 9 heteroatoms. The van der Waals surface area contributed by atoms with Crippen LogP contribution >= 0.6 is 0 Å². The average Bonchev–Trinajstić information content (AvgIpc) is 3.31. The maximum absolute atomic E-state index is 6.27. The Balaban J connectivity index is 1.29. The molecule has 0 saturated carbocycles. The Bertz CT molecular complexity index is 1270. The minimum Gasteiger partial charge on any atom is -0.383 e. The van der Waals surface area contributed by atoms with Crippen LogP contribution in [-0.4, -0.2) is 44.2 Å². The predicted molar refractivity (Wildman–Crippen MR) is 132 cm³/mol. The summed E-state index contributed by atoms with van der Waals surface area (Å²) in [6.07, 6.45) is 13.1. The van der Waals surface area contributed by atoms with Crippen LogP contribution in [-0.2, 0) is 22.4 Å². The van der Waals surface area contributed by atoms with Gasteiger partial charge in [-0.1, -0.05) is 6.92 Å². The summed E-state index contributed by atoms with van der Waals surface area (Å²) in [5.74, 6) is 1.16. The first kappa shape index (κ1) is 22.2. The van der Waals surface area contributed by atoms with Gasteiger partial charge in [0, 0.05) is 42.3 Å². The third-order valence-corrected chi connectivity index (χ3v) is 5.98. The van der Waals surface area contributed by atoms with Gasteiger partial charge in [0.15, 0.2) is 6.29 Å². The molecule has 0 spiro atoms. The number of hydrogen-bond acceptors (Lipinski definition) is 8. The lowest BCUT2D eigenvalue weighted by atomic mass is 10.0. The normalized spacial score (nSPS) is 16.1. The number of nitrogens with zero attached hydrogens (tertiary/aromatic N) is 5. The molecule has 4 aromatic rings. The Morgan fingerprint density at radius 1 is 1.24 bits per heavy atom. The minimum atomic E-state index is -0.0874. The van der Waals surface area contributed by atoms with Gasteiger partial charge in [-0.2, -0.15) is 5.10 Å². The molecule has 9 nitrogen and oxygen atoms in total. The van der Waals surface area contributed by atoms with E-state index < -0.39 is 0 Å². The monoisotopic (exact) mass is 459 g/mol. The highest BCUT2D eigenvalue weighted by Crippen LogP contribution is 2.29. The highest BCUT2D eigenvalue weighted by atomic mass is 16.7. The molecule has 34 heavy (non-hydrogen) atoms. The van der Waals surface area contributed by atoms with Crippen molar-refractivity contribution in [1.29, 1.82) is 0 Å². The van der Waals surface area contributed by atoms with Gasteiger partial charge < -0.3 is 20.5 Å². The molecule has 0 amide bonds. The molecule has 1 unspecified atom stereocenters. The van der Waals surface area contributed by atoms with Crippen molar-refractivity contribution >= 4 is 28.1 Å². The molecule has 1 aliphatic heterocycles. The number of aryl methyl sites for hydroxylation is 1. The number of aromatic nitrogens is 5. The molecule has 0 aromatic carbocycles. The first-order chi connectivity index (χ1) is 16.7. The van der Waals surface area contributed by atoms with Crippen molar-refractivity contribution < 1.29 is 9.47 Å². The zero-order chi connectivity index (χ0) is 23.3. The number of ether oxygens (including phenoxy) is 2. The first-order valence-corrected chi connectivity index (χ1v) is 11.7. The van der Waals surface area contributed by atoms with Crippen molar-refractivity contribution in [2.24, 2.45) is 0 Å². The molecular formula is C25H29N7O2. The lowest BCUT2D eigenvalue weighted by Gasteiger charge is -2.22. The quantitative estimate of drug-likeness (QED) is 0.401. The third kappa shape index (κ3) is 5.00. The molecular weight excluding hydrogens is 430 g/mol. The lowest BCUT2D eigenvalue weighted by molar-refractivity contribution is -0.163. The Kier molecular flexibility index (Phi) is 6.64. The molecule has 1 saturated heterocycles. The van der Waals surface area contributed by atoms with Crippen LogP contribution in [0.25, 0.3) is 22.0 Å². The van der Waals surface area contributed by atoms with Crippen LogP contribution in [0, 0.1) is 0 Å². The van der Waals surface area contributed by atoms with E-state index in [4.69, 9.17) is 15.2 Å². The van der Waals surface area contributed by atoms with E-state index in [-0.39, 0.29) is 6.29 Å². The Morgan fingerprint density at radius 2 is 2.18 bits per heavy atom. The second-order valence-corrected chi connectivity index (χ2v) is 8.35. The van der Waals surface area contributed by atoms with Gasteiger partial charge in [0.1, 0.15) is 11.6 Å². The van der Waals surface area contributed by atoms with Gasteiger partial charge in [-0.05, 0) is 54.8 Å². The summed E-state index contributed by atoms with van der Waals surface area (Å²) in [6, 6.07) is 6.02. The van der Waals surface area contributed by atoms with Crippen LogP contribution in [0.5, 0.6) is 0 Å². The molecule has 0 bridgehead atoms. The second kappa shape index (κ2) is 10.1. The van der Waals surface area contributed by atoms with E-state index in [1.54, 1.807) is 18.6 Å². The van der Waals surface area contributed by atoms with E-state index >= 15 is 0 Å². The summed E-state index contributed by atoms with van der Waals surface area (Å²) >= 11 is 0. The molecule has 5 heterocycles. The summed E-state index contributed by atoms with van der Waals surface area (Å²) in [7, 11) is 0. The minimum absolute atomic E-state index is 0.0874. The van der Waals surface area contributed by atoms with E-state index in [1.807, 2.05) is 35.3 Å². The first-order valence-electron chi connectivity index (χ1n) is 11.7. The maximum atomic E-state index is 6.27. The Labute approximate surface area is 198 Å². The van der Waals surface area contributed by atoms with Crippen molar-refractivity contribution in [1.82, 2.24) is 24.7 Å². The van der Waals surface area contributed by atoms with Crippen molar-refractivity contribution in [2.75, 3.05) is 24.3 Å². The predicted octanol–water partition coefficient (Wildman–Crippen LogP) is 4.32. The lowest BCUT2D eigenvalue weighted by Crippen LogP contribution is -2.24. The fraction of sp³-hybridized carbons (Fsp3) is 0.360. The fourth-order valence-corrected chi connectivity index (χ4v) is 4.16. The highest BCUT2D eigenvalue weighted by Gasteiger charge is 2.14. The van der Waals surface area contributed by atoms with Crippen LogP contribution in [0.2, 0.25) is 0 Å². The summed E-state index contributed by atoms with van der Waals surface area (Å²) in [4.78, 5) is 13.4. The van der Waals surface area contributed by atoms with Gasteiger partial charge >= 0.3 is 0 Å². The van der Waals surface area contributed by atoms with Crippen molar-refractivity contribution in [3.8, 4) is 11.3 Å². The molecule has 0 radical (unpaired) electrons. The third-order valence-electron chi connectivity index (χ3n) is 5.98. The van der Waals surface area contributed by atoms with E-state index in [0.717, 1.165) is 60.0 Å². The number of nitrogens with one attached hydrogen (secondary N) is 1. The fourth-order valence-electron chi connectivity index (χ4n) is 4.16. The zero-order valence-corrected chi connectivity index (χ0v) is 19.3. The number of anilines is 3. The molecule has 1 aliphatic rings. The summed E-state index contributed by atoms with van der Waals surface area (Å²) in [6.45, 7) is 4.11. The Morgan fingerprint density at radius 3 is 3.03 bits per heavy atom. The van der Waals surface area contributed by atoms with Crippen LogP contribution in [0.4, 0.5) is 17.3 Å². The summed E-state index contributed by atoms with van der Waals surface area (Å²) in [5.41, 5.74) is 10.1. The number of nitrogen functional groups attached to an aromatic ring is 1. The smallest absolute Gasteiger partial charge is 0.157 e. The summed E-state index contributed by atoms with van der Waals surface area (Å²) in [5, 5.41) is 9.51. The number of hydrogen-bond donors (Lipinski definition) is 2. The van der Waals surface area contributed by atoms with Gasteiger partial charge in [-0.3, -0.25) is 9.67 Å². The SMILES string of the molecule is CCc1ccncc1-c1cc2cc(Nc3cnn(CCOC4CCCCO4)c3)ncc2c(N)n1.